The highest BCUT2D eigenvalue weighted by atomic mass is 35.5. The summed E-state index contributed by atoms with van der Waals surface area (Å²) in [6, 6.07) is 22.4. The number of aromatic hydroxyl groups is 1. The Kier molecular flexibility index (Phi) is 9.82. The number of aromatic nitrogens is 1. The summed E-state index contributed by atoms with van der Waals surface area (Å²) in [7, 11) is 0. The van der Waals surface area contributed by atoms with Gasteiger partial charge in [-0.1, -0.05) is 25.0 Å². The molecule has 0 atom stereocenters. The fourth-order valence-electron chi connectivity index (χ4n) is 5.54. The first-order chi connectivity index (χ1) is 18.5. The summed E-state index contributed by atoms with van der Waals surface area (Å²) in [5, 5.41) is 11.3. The number of hydrogen-bond donors (Lipinski definition) is 1. The number of phenols is 1. The van der Waals surface area contributed by atoms with Crippen LogP contribution in [0.3, 0.4) is 0 Å². The SMILES string of the molecule is Cc1c(-c2ccc(OC(C)C)cc2)n(Cc2ccc(OCCN3CCCCCC3)cc2)c2ccc(O)cc12.Cl. The Morgan fingerprint density at radius 1 is 0.846 bits per heavy atom. The van der Waals surface area contributed by atoms with Crippen molar-refractivity contribution in [2.45, 2.75) is 59.1 Å². The second-order valence-electron chi connectivity index (χ2n) is 10.7. The zero-order valence-electron chi connectivity index (χ0n) is 23.4. The first-order valence-corrected chi connectivity index (χ1v) is 14.0. The van der Waals surface area contributed by atoms with Crippen molar-refractivity contribution in [3.63, 3.8) is 0 Å². The molecule has 208 valence electrons. The van der Waals surface area contributed by atoms with E-state index in [-0.39, 0.29) is 24.3 Å². The Morgan fingerprint density at radius 3 is 2.18 bits per heavy atom. The van der Waals surface area contributed by atoms with Crippen LogP contribution in [0.1, 0.15) is 50.7 Å². The lowest BCUT2D eigenvalue weighted by atomic mass is 10.1. The maximum atomic E-state index is 10.2. The topological polar surface area (TPSA) is 46.9 Å². The molecule has 1 saturated heterocycles. The van der Waals surface area contributed by atoms with E-state index in [2.05, 4.69) is 52.8 Å². The van der Waals surface area contributed by atoms with Crippen LogP contribution < -0.4 is 9.47 Å². The van der Waals surface area contributed by atoms with E-state index in [1.807, 2.05) is 38.1 Å². The van der Waals surface area contributed by atoms with Gasteiger partial charge in [-0.05, 0) is 118 Å². The van der Waals surface area contributed by atoms with E-state index < -0.39 is 0 Å². The summed E-state index contributed by atoms with van der Waals surface area (Å²) in [4.78, 5) is 2.53. The Balaban J connectivity index is 0.00000353. The van der Waals surface area contributed by atoms with Crippen LogP contribution in [-0.4, -0.2) is 46.9 Å². The number of nitrogens with zero attached hydrogens (tertiary/aromatic N) is 2. The fraction of sp³-hybridized carbons (Fsp3) is 0.394. The molecule has 1 N–H and O–H groups in total. The smallest absolute Gasteiger partial charge is 0.119 e. The van der Waals surface area contributed by atoms with E-state index in [0.29, 0.717) is 0 Å². The second kappa shape index (κ2) is 13.3. The van der Waals surface area contributed by atoms with Gasteiger partial charge in [0.15, 0.2) is 0 Å². The predicted molar refractivity (Wildman–Crippen MR) is 163 cm³/mol. The summed E-state index contributed by atoms with van der Waals surface area (Å²) in [5.41, 5.74) is 5.75. The lowest BCUT2D eigenvalue weighted by molar-refractivity contribution is 0.214. The van der Waals surface area contributed by atoms with Gasteiger partial charge in [0.2, 0.25) is 0 Å². The van der Waals surface area contributed by atoms with Crippen LogP contribution in [-0.2, 0) is 6.54 Å². The number of hydrogen-bond acceptors (Lipinski definition) is 4. The highest BCUT2D eigenvalue weighted by Crippen LogP contribution is 2.36. The van der Waals surface area contributed by atoms with E-state index in [1.165, 1.54) is 44.3 Å². The van der Waals surface area contributed by atoms with Crippen LogP contribution in [0.25, 0.3) is 22.2 Å². The maximum Gasteiger partial charge on any atom is 0.119 e. The zero-order chi connectivity index (χ0) is 26.5. The predicted octanol–water partition coefficient (Wildman–Crippen LogP) is 7.83. The molecule has 0 unspecified atom stereocenters. The second-order valence-corrected chi connectivity index (χ2v) is 10.7. The van der Waals surface area contributed by atoms with Crippen molar-refractivity contribution in [3.05, 3.63) is 77.9 Å². The van der Waals surface area contributed by atoms with Crippen molar-refractivity contribution in [1.29, 1.82) is 0 Å². The van der Waals surface area contributed by atoms with Gasteiger partial charge >= 0.3 is 0 Å². The molecule has 1 aliphatic heterocycles. The van der Waals surface area contributed by atoms with Crippen molar-refractivity contribution >= 4 is 23.3 Å². The van der Waals surface area contributed by atoms with Gasteiger partial charge in [0, 0.05) is 24.0 Å². The number of benzene rings is 3. The van der Waals surface area contributed by atoms with Gasteiger partial charge in [-0.25, -0.2) is 0 Å². The maximum absolute atomic E-state index is 10.2. The van der Waals surface area contributed by atoms with Gasteiger partial charge in [-0.15, -0.1) is 12.4 Å². The monoisotopic (exact) mass is 548 g/mol. The van der Waals surface area contributed by atoms with E-state index in [9.17, 15) is 5.11 Å². The minimum atomic E-state index is 0. The lowest BCUT2D eigenvalue weighted by Gasteiger charge is -2.19. The molecule has 0 saturated carbocycles. The van der Waals surface area contributed by atoms with Crippen molar-refractivity contribution in [2.24, 2.45) is 0 Å². The third kappa shape index (κ3) is 7.09. The molecule has 4 aromatic rings. The molecule has 0 radical (unpaired) electrons. The van der Waals surface area contributed by atoms with Crippen molar-refractivity contribution in [1.82, 2.24) is 9.47 Å². The van der Waals surface area contributed by atoms with Crippen LogP contribution in [0, 0.1) is 6.92 Å². The summed E-state index contributed by atoms with van der Waals surface area (Å²) < 4.78 is 14.3. The molecule has 0 amide bonds. The molecule has 1 aliphatic rings. The molecule has 3 aromatic carbocycles. The molecule has 2 heterocycles. The van der Waals surface area contributed by atoms with E-state index >= 15 is 0 Å². The quantitative estimate of drug-likeness (QED) is 0.231. The van der Waals surface area contributed by atoms with E-state index in [0.717, 1.165) is 58.9 Å². The molecule has 5 rings (SSSR count). The molecule has 0 bridgehead atoms. The molecule has 1 fully saturated rings. The number of fused-ring (bicyclic) bond motifs is 1. The van der Waals surface area contributed by atoms with Crippen LogP contribution in [0.4, 0.5) is 0 Å². The van der Waals surface area contributed by atoms with Crippen molar-refractivity contribution in [2.75, 3.05) is 26.2 Å². The summed E-state index contributed by atoms with van der Waals surface area (Å²) in [6.07, 6.45) is 5.46. The number of aryl methyl sites for hydroxylation is 1. The highest BCUT2D eigenvalue weighted by molar-refractivity contribution is 5.92. The molecule has 0 spiro atoms. The minimum Gasteiger partial charge on any atom is -0.508 e. The van der Waals surface area contributed by atoms with Crippen LogP contribution >= 0.6 is 12.4 Å². The molecule has 6 heteroatoms. The average molecular weight is 549 g/mol. The highest BCUT2D eigenvalue weighted by Gasteiger charge is 2.17. The summed E-state index contributed by atoms with van der Waals surface area (Å²) in [6.45, 7) is 11.0. The molecular weight excluding hydrogens is 508 g/mol. The van der Waals surface area contributed by atoms with Gasteiger partial charge in [-0.2, -0.15) is 0 Å². The minimum absolute atomic E-state index is 0. The number of rotatable bonds is 9. The lowest BCUT2D eigenvalue weighted by Crippen LogP contribution is -2.29. The van der Waals surface area contributed by atoms with Crippen molar-refractivity contribution < 1.29 is 14.6 Å². The Morgan fingerprint density at radius 2 is 1.51 bits per heavy atom. The Hall–Kier alpha value is -3.15. The molecule has 1 aromatic heterocycles. The normalized spacial score (nSPS) is 14.3. The summed E-state index contributed by atoms with van der Waals surface area (Å²) in [5.74, 6) is 2.07. The third-order valence-electron chi connectivity index (χ3n) is 7.44. The van der Waals surface area contributed by atoms with Gasteiger partial charge in [0.1, 0.15) is 23.9 Å². The standard InChI is InChI=1S/C33H40N2O3.ClH/c1-24(2)38-30-15-10-27(11-16-30)33-25(3)31-22-28(36)12-17-32(31)35(33)23-26-8-13-29(14-9-26)37-21-20-34-18-6-4-5-7-19-34;/h8-17,22,24,36H,4-7,18-21,23H2,1-3H3;1H. The number of ether oxygens (including phenoxy) is 2. The van der Waals surface area contributed by atoms with E-state index in [4.69, 9.17) is 9.47 Å². The third-order valence-corrected chi connectivity index (χ3v) is 7.44. The van der Waals surface area contributed by atoms with Crippen LogP contribution in [0.5, 0.6) is 17.2 Å². The van der Waals surface area contributed by atoms with Gasteiger partial charge in [-0.3, -0.25) is 4.90 Å². The average Bonchev–Trinajstić information content (AvgIpc) is 3.05. The van der Waals surface area contributed by atoms with Gasteiger partial charge in [0.05, 0.1) is 11.8 Å². The first kappa shape index (κ1) is 28.8. The Labute approximate surface area is 238 Å². The Bertz CT molecular complexity index is 1340. The zero-order valence-corrected chi connectivity index (χ0v) is 24.2. The van der Waals surface area contributed by atoms with Crippen molar-refractivity contribution in [3.8, 4) is 28.5 Å². The van der Waals surface area contributed by atoms with Crippen LogP contribution in [0.15, 0.2) is 66.7 Å². The molecular formula is C33H41ClN2O3. The van der Waals surface area contributed by atoms with Gasteiger partial charge in [0.25, 0.3) is 0 Å². The number of phenolic OH excluding ortho intramolecular Hbond substituents is 1. The first-order valence-electron chi connectivity index (χ1n) is 14.0. The fourth-order valence-corrected chi connectivity index (χ4v) is 5.54. The van der Waals surface area contributed by atoms with E-state index in [1.54, 1.807) is 6.07 Å². The molecule has 39 heavy (non-hydrogen) atoms. The number of halogens is 1. The molecule has 0 aliphatic carbocycles. The largest absolute Gasteiger partial charge is 0.508 e. The molecule has 5 nitrogen and oxygen atoms in total. The summed E-state index contributed by atoms with van der Waals surface area (Å²) >= 11 is 0. The van der Waals surface area contributed by atoms with Crippen LogP contribution in [0.2, 0.25) is 0 Å². The van der Waals surface area contributed by atoms with Gasteiger partial charge < -0.3 is 19.1 Å². The number of likely N-dealkylation sites (tertiary alicyclic amines) is 1.